The monoisotopic (exact) mass is 349 g/mol. The molecule has 0 radical (unpaired) electrons. The molecule has 0 aliphatic carbocycles. The fourth-order valence-electron chi connectivity index (χ4n) is 1.69. The summed E-state index contributed by atoms with van der Waals surface area (Å²) < 4.78 is 38.6. The van der Waals surface area contributed by atoms with Gasteiger partial charge >= 0.3 is 12.2 Å². The summed E-state index contributed by atoms with van der Waals surface area (Å²) in [5, 5.41) is 7.24. The Labute approximate surface area is 133 Å². The Kier molecular flexibility index (Phi) is 5.25. The van der Waals surface area contributed by atoms with Crippen molar-refractivity contribution >= 4 is 34.7 Å². The number of hydrogen-bond donors (Lipinski definition) is 2. The lowest BCUT2D eigenvalue weighted by molar-refractivity contribution is -0.136. The largest absolute Gasteiger partial charge is 0.418 e. The number of carbonyl (C=O) groups excluding carboxylic acids is 1. The van der Waals surface area contributed by atoms with Gasteiger partial charge in [0.15, 0.2) is 0 Å². The highest BCUT2D eigenvalue weighted by atomic mass is 35.5. The third kappa shape index (κ3) is 4.60. The van der Waals surface area contributed by atoms with Gasteiger partial charge in [-0.15, -0.1) is 11.3 Å². The Hall–Kier alpha value is -1.80. The zero-order valence-corrected chi connectivity index (χ0v) is 12.6. The number of nitrogens with zero attached hydrogens (tertiary/aromatic N) is 1. The molecule has 2 N–H and O–H groups in total. The van der Waals surface area contributed by atoms with E-state index in [2.05, 4.69) is 15.6 Å². The molecule has 0 saturated carbocycles. The molecule has 1 aromatic carbocycles. The number of thiazole rings is 1. The van der Waals surface area contributed by atoms with Gasteiger partial charge in [-0.05, 0) is 18.2 Å². The molecule has 0 aliphatic rings. The lowest BCUT2D eigenvalue weighted by atomic mass is 10.1. The van der Waals surface area contributed by atoms with Crippen LogP contribution in [0.2, 0.25) is 5.02 Å². The summed E-state index contributed by atoms with van der Waals surface area (Å²) in [4.78, 5) is 15.7. The van der Waals surface area contributed by atoms with E-state index >= 15 is 0 Å². The first-order chi connectivity index (χ1) is 10.4. The molecule has 2 amide bonds. The zero-order valence-electron chi connectivity index (χ0n) is 11.1. The van der Waals surface area contributed by atoms with Gasteiger partial charge in [-0.3, -0.25) is 0 Å². The second-order valence-corrected chi connectivity index (χ2v) is 5.66. The van der Waals surface area contributed by atoms with Crippen molar-refractivity contribution in [2.24, 2.45) is 0 Å². The van der Waals surface area contributed by atoms with Crippen LogP contribution < -0.4 is 10.6 Å². The number of halogens is 4. The van der Waals surface area contributed by atoms with Gasteiger partial charge in [-0.1, -0.05) is 11.6 Å². The predicted molar refractivity (Wildman–Crippen MR) is 79.3 cm³/mol. The van der Waals surface area contributed by atoms with Gasteiger partial charge in [0, 0.05) is 29.6 Å². The maximum Gasteiger partial charge on any atom is 0.418 e. The van der Waals surface area contributed by atoms with Gasteiger partial charge in [0.1, 0.15) is 0 Å². The van der Waals surface area contributed by atoms with E-state index in [1.54, 1.807) is 11.6 Å². The first-order valence-corrected chi connectivity index (χ1v) is 7.42. The van der Waals surface area contributed by atoms with Crippen LogP contribution in [0.3, 0.4) is 0 Å². The summed E-state index contributed by atoms with van der Waals surface area (Å²) in [6.07, 6.45) is -2.45. The van der Waals surface area contributed by atoms with Gasteiger partial charge < -0.3 is 10.6 Å². The van der Waals surface area contributed by atoms with Crippen LogP contribution in [0.5, 0.6) is 0 Å². The standard InChI is InChI=1S/C13H11ClF3N3OS/c14-8-1-2-10(9(7-8)13(15,16)17)20-12(21)19-4-3-11-18-5-6-22-11/h1-2,5-7H,3-4H2,(H2,19,20,21). The van der Waals surface area contributed by atoms with E-state index in [0.717, 1.165) is 17.1 Å². The van der Waals surface area contributed by atoms with Crippen molar-refractivity contribution in [3.8, 4) is 0 Å². The number of benzene rings is 1. The number of alkyl halides is 3. The fourth-order valence-corrected chi connectivity index (χ4v) is 2.48. The molecule has 0 spiro atoms. The summed E-state index contributed by atoms with van der Waals surface area (Å²) in [5.41, 5.74) is -1.33. The SMILES string of the molecule is O=C(NCCc1nccs1)Nc1ccc(Cl)cc1C(F)(F)F. The molecule has 0 unspecified atom stereocenters. The Bertz CT molecular complexity index is 646. The first-order valence-electron chi connectivity index (χ1n) is 6.16. The van der Waals surface area contributed by atoms with Crippen LogP contribution >= 0.6 is 22.9 Å². The van der Waals surface area contributed by atoms with E-state index in [-0.39, 0.29) is 17.3 Å². The molecule has 2 rings (SSSR count). The Balaban J connectivity index is 1.96. The van der Waals surface area contributed by atoms with Crippen molar-refractivity contribution < 1.29 is 18.0 Å². The van der Waals surface area contributed by atoms with Crippen LogP contribution in [0, 0.1) is 0 Å². The molecule has 22 heavy (non-hydrogen) atoms. The summed E-state index contributed by atoms with van der Waals surface area (Å²) >= 11 is 7.01. The molecule has 1 heterocycles. The number of rotatable bonds is 4. The summed E-state index contributed by atoms with van der Waals surface area (Å²) in [5.74, 6) is 0. The molecule has 0 saturated heterocycles. The lowest BCUT2D eigenvalue weighted by Crippen LogP contribution is -2.31. The van der Waals surface area contributed by atoms with Crippen molar-refractivity contribution in [3.63, 3.8) is 0 Å². The van der Waals surface area contributed by atoms with Crippen molar-refractivity contribution in [2.75, 3.05) is 11.9 Å². The number of nitrogens with one attached hydrogen (secondary N) is 2. The van der Waals surface area contributed by atoms with E-state index in [0.29, 0.717) is 6.42 Å². The normalized spacial score (nSPS) is 11.3. The smallest absolute Gasteiger partial charge is 0.337 e. The molecular weight excluding hydrogens is 339 g/mol. The third-order valence-corrected chi connectivity index (χ3v) is 3.72. The first kappa shape index (κ1) is 16.6. The predicted octanol–water partition coefficient (Wildman–Crippen LogP) is 4.18. The van der Waals surface area contributed by atoms with E-state index in [4.69, 9.17) is 11.6 Å². The van der Waals surface area contributed by atoms with E-state index in [1.165, 1.54) is 17.4 Å². The van der Waals surface area contributed by atoms with E-state index in [1.807, 2.05) is 0 Å². The Morgan fingerprint density at radius 3 is 2.77 bits per heavy atom. The number of aromatic nitrogens is 1. The lowest BCUT2D eigenvalue weighted by Gasteiger charge is -2.14. The van der Waals surface area contributed by atoms with Crippen molar-refractivity contribution in [1.29, 1.82) is 0 Å². The highest BCUT2D eigenvalue weighted by Crippen LogP contribution is 2.36. The van der Waals surface area contributed by atoms with Gasteiger partial charge in [-0.2, -0.15) is 13.2 Å². The summed E-state index contributed by atoms with van der Waals surface area (Å²) in [6.45, 7) is 0.272. The van der Waals surface area contributed by atoms with Crippen molar-refractivity contribution in [3.05, 3.63) is 45.4 Å². The summed E-state index contributed by atoms with van der Waals surface area (Å²) in [7, 11) is 0. The topological polar surface area (TPSA) is 54.0 Å². The van der Waals surface area contributed by atoms with Gasteiger partial charge in [0.2, 0.25) is 0 Å². The maximum atomic E-state index is 12.9. The zero-order chi connectivity index (χ0) is 16.2. The van der Waals surface area contributed by atoms with Crippen LogP contribution in [0.25, 0.3) is 0 Å². The second-order valence-electron chi connectivity index (χ2n) is 4.24. The molecular formula is C13H11ClF3N3OS. The average Bonchev–Trinajstić information content (AvgIpc) is 2.93. The minimum absolute atomic E-state index is 0.0537. The van der Waals surface area contributed by atoms with Crippen LogP contribution in [0.1, 0.15) is 10.6 Å². The fraction of sp³-hybridized carbons (Fsp3) is 0.231. The van der Waals surface area contributed by atoms with Gasteiger partial charge in [-0.25, -0.2) is 9.78 Å². The third-order valence-electron chi connectivity index (χ3n) is 2.64. The Morgan fingerprint density at radius 1 is 1.36 bits per heavy atom. The molecule has 0 aliphatic heterocycles. The van der Waals surface area contributed by atoms with Crippen LogP contribution in [-0.4, -0.2) is 17.6 Å². The summed E-state index contributed by atoms with van der Waals surface area (Å²) in [6, 6.07) is 2.45. The highest BCUT2D eigenvalue weighted by molar-refractivity contribution is 7.09. The average molecular weight is 350 g/mol. The van der Waals surface area contributed by atoms with Crippen molar-refractivity contribution in [2.45, 2.75) is 12.6 Å². The molecule has 0 atom stereocenters. The second kappa shape index (κ2) is 6.97. The van der Waals surface area contributed by atoms with Crippen LogP contribution in [-0.2, 0) is 12.6 Å². The minimum Gasteiger partial charge on any atom is -0.337 e. The van der Waals surface area contributed by atoms with Crippen LogP contribution in [0.15, 0.2) is 29.8 Å². The van der Waals surface area contributed by atoms with Gasteiger partial charge in [0.05, 0.1) is 16.3 Å². The van der Waals surface area contributed by atoms with E-state index in [9.17, 15) is 18.0 Å². The minimum atomic E-state index is -4.60. The number of anilines is 1. The quantitative estimate of drug-likeness (QED) is 0.870. The van der Waals surface area contributed by atoms with Crippen LogP contribution in [0.4, 0.5) is 23.7 Å². The molecule has 1 aromatic heterocycles. The highest BCUT2D eigenvalue weighted by Gasteiger charge is 2.34. The maximum absolute atomic E-state index is 12.9. The molecule has 0 bridgehead atoms. The van der Waals surface area contributed by atoms with Gasteiger partial charge in [0.25, 0.3) is 0 Å². The molecule has 0 fully saturated rings. The molecule has 4 nitrogen and oxygen atoms in total. The number of carbonyl (C=O) groups is 1. The number of hydrogen-bond acceptors (Lipinski definition) is 3. The molecule has 2 aromatic rings. The number of urea groups is 1. The van der Waals surface area contributed by atoms with E-state index < -0.39 is 17.8 Å². The molecule has 9 heteroatoms. The Morgan fingerprint density at radius 2 is 2.14 bits per heavy atom. The van der Waals surface area contributed by atoms with Crippen molar-refractivity contribution in [1.82, 2.24) is 10.3 Å². The molecule has 118 valence electrons. The number of amides is 2.